The average Bonchev–Trinajstić information content (AvgIpc) is 2.90. The Kier molecular flexibility index (Phi) is 5.27. The first-order valence-corrected chi connectivity index (χ1v) is 9.40. The van der Waals surface area contributed by atoms with Gasteiger partial charge in [-0.05, 0) is 70.5 Å². The minimum absolute atomic E-state index is 0.0313. The zero-order valence-electron chi connectivity index (χ0n) is 12.7. The van der Waals surface area contributed by atoms with Crippen molar-refractivity contribution in [1.82, 2.24) is 5.32 Å². The van der Waals surface area contributed by atoms with Gasteiger partial charge < -0.3 is 10.6 Å². The maximum Gasteiger partial charge on any atom is 0.260 e. The number of hydrogen-bond donors (Lipinski definition) is 2. The van der Waals surface area contributed by atoms with E-state index in [-0.39, 0.29) is 11.4 Å². The Hall–Kier alpha value is -1.47. The number of anilines is 1. The standard InChI is InChI=1S/C18H17IN2OS/c1-2-12-5-9-15(10-6-12)20-18-21-17(22)16(23-18)11-13-3-7-14(19)8-4-13/h3-11,18,20H,2H2,1H3,(H,21,22)/b16-11-/t18-/m1/s1. The Balaban J connectivity index is 1.67. The van der Waals surface area contributed by atoms with Crippen molar-refractivity contribution in [3.05, 3.63) is 68.1 Å². The van der Waals surface area contributed by atoms with E-state index in [9.17, 15) is 4.79 Å². The van der Waals surface area contributed by atoms with Gasteiger partial charge in [-0.25, -0.2) is 0 Å². The van der Waals surface area contributed by atoms with Crippen LogP contribution in [0.5, 0.6) is 0 Å². The summed E-state index contributed by atoms with van der Waals surface area (Å²) >= 11 is 3.78. The molecule has 1 heterocycles. The second kappa shape index (κ2) is 7.40. The number of aryl methyl sites for hydroxylation is 1. The van der Waals surface area contributed by atoms with Crippen molar-refractivity contribution in [2.45, 2.75) is 18.8 Å². The van der Waals surface area contributed by atoms with Crippen LogP contribution in [0.3, 0.4) is 0 Å². The van der Waals surface area contributed by atoms with Crippen molar-refractivity contribution in [3.63, 3.8) is 0 Å². The molecule has 1 saturated heterocycles. The molecule has 1 aliphatic rings. The molecule has 0 bridgehead atoms. The van der Waals surface area contributed by atoms with Gasteiger partial charge in [0.2, 0.25) is 0 Å². The highest BCUT2D eigenvalue weighted by atomic mass is 127. The fraction of sp³-hybridized carbons (Fsp3) is 0.167. The van der Waals surface area contributed by atoms with Crippen LogP contribution in [0.15, 0.2) is 53.4 Å². The van der Waals surface area contributed by atoms with E-state index in [4.69, 9.17) is 0 Å². The highest BCUT2D eigenvalue weighted by molar-refractivity contribution is 14.1. The largest absolute Gasteiger partial charge is 0.357 e. The number of hydrogen-bond acceptors (Lipinski definition) is 3. The summed E-state index contributed by atoms with van der Waals surface area (Å²) in [4.78, 5) is 12.8. The zero-order chi connectivity index (χ0) is 16.2. The molecule has 0 aromatic heterocycles. The lowest BCUT2D eigenvalue weighted by Gasteiger charge is -2.12. The quantitative estimate of drug-likeness (QED) is 0.550. The topological polar surface area (TPSA) is 41.1 Å². The highest BCUT2D eigenvalue weighted by Gasteiger charge is 2.26. The Morgan fingerprint density at radius 2 is 1.87 bits per heavy atom. The maximum absolute atomic E-state index is 12.1. The minimum atomic E-state index is -0.134. The molecule has 2 aromatic carbocycles. The number of amides is 1. The maximum atomic E-state index is 12.1. The number of benzene rings is 2. The average molecular weight is 436 g/mol. The van der Waals surface area contributed by atoms with E-state index in [1.54, 1.807) is 0 Å². The predicted molar refractivity (Wildman–Crippen MR) is 106 cm³/mol. The smallest absolute Gasteiger partial charge is 0.260 e. The number of carbonyl (C=O) groups excluding carboxylic acids is 1. The molecule has 0 unspecified atom stereocenters. The Bertz CT molecular complexity index is 726. The van der Waals surface area contributed by atoms with E-state index in [2.05, 4.69) is 52.3 Å². The van der Waals surface area contributed by atoms with Gasteiger partial charge >= 0.3 is 0 Å². The monoisotopic (exact) mass is 436 g/mol. The second-order valence-electron chi connectivity index (χ2n) is 5.23. The molecule has 1 atom stereocenters. The zero-order valence-corrected chi connectivity index (χ0v) is 15.6. The third-order valence-electron chi connectivity index (χ3n) is 3.56. The van der Waals surface area contributed by atoms with Crippen molar-refractivity contribution < 1.29 is 4.79 Å². The highest BCUT2D eigenvalue weighted by Crippen LogP contribution is 2.30. The van der Waals surface area contributed by atoms with Crippen molar-refractivity contribution in [2.75, 3.05) is 5.32 Å². The van der Waals surface area contributed by atoms with Crippen LogP contribution in [-0.4, -0.2) is 11.4 Å². The molecule has 5 heteroatoms. The van der Waals surface area contributed by atoms with Gasteiger partial charge in [0.05, 0.1) is 4.91 Å². The van der Waals surface area contributed by atoms with E-state index in [0.717, 1.165) is 22.6 Å². The fourth-order valence-corrected chi connectivity index (χ4v) is 3.61. The van der Waals surface area contributed by atoms with Crippen LogP contribution in [0.1, 0.15) is 18.1 Å². The molecule has 3 nitrogen and oxygen atoms in total. The molecule has 3 rings (SSSR count). The molecule has 0 saturated carbocycles. The molecule has 1 amide bonds. The normalized spacial score (nSPS) is 19.0. The van der Waals surface area contributed by atoms with E-state index in [1.165, 1.54) is 20.9 Å². The Labute approximate surface area is 154 Å². The third kappa shape index (κ3) is 4.29. The lowest BCUT2D eigenvalue weighted by Crippen LogP contribution is -2.30. The van der Waals surface area contributed by atoms with Gasteiger partial charge in [0, 0.05) is 9.26 Å². The summed E-state index contributed by atoms with van der Waals surface area (Å²) < 4.78 is 1.18. The molecule has 23 heavy (non-hydrogen) atoms. The first-order chi connectivity index (χ1) is 11.1. The van der Waals surface area contributed by atoms with Gasteiger partial charge in [0.25, 0.3) is 5.91 Å². The molecule has 1 aliphatic heterocycles. The lowest BCUT2D eigenvalue weighted by atomic mass is 10.1. The van der Waals surface area contributed by atoms with Crippen molar-refractivity contribution in [1.29, 1.82) is 0 Å². The summed E-state index contributed by atoms with van der Waals surface area (Å²) in [6, 6.07) is 16.4. The predicted octanol–water partition coefficient (Wildman–Crippen LogP) is 4.45. The van der Waals surface area contributed by atoms with Gasteiger partial charge in [-0.15, -0.1) is 0 Å². The second-order valence-corrected chi connectivity index (χ2v) is 7.62. The number of halogens is 1. The van der Waals surface area contributed by atoms with Gasteiger partial charge in [-0.2, -0.15) is 0 Å². The summed E-state index contributed by atoms with van der Waals surface area (Å²) in [6.07, 6.45) is 2.95. The van der Waals surface area contributed by atoms with Crippen LogP contribution in [0, 0.1) is 3.57 Å². The van der Waals surface area contributed by atoms with Crippen LogP contribution in [0.25, 0.3) is 6.08 Å². The summed E-state index contributed by atoms with van der Waals surface area (Å²) in [5.41, 5.74) is 3.22. The number of nitrogens with one attached hydrogen (secondary N) is 2. The van der Waals surface area contributed by atoms with Crippen molar-refractivity contribution in [3.8, 4) is 0 Å². The van der Waals surface area contributed by atoms with Gasteiger partial charge in [-0.1, -0.05) is 43.0 Å². The number of carbonyl (C=O) groups is 1. The first-order valence-electron chi connectivity index (χ1n) is 7.44. The van der Waals surface area contributed by atoms with Gasteiger partial charge in [-0.3, -0.25) is 4.79 Å². The van der Waals surface area contributed by atoms with Crippen molar-refractivity contribution in [2.24, 2.45) is 0 Å². The SMILES string of the molecule is CCc1ccc(N[C@@H]2NC(=O)/C(=C/c3ccc(I)cc3)S2)cc1. The summed E-state index contributed by atoms with van der Waals surface area (Å²) in [5, 5.41) is 6.29. The van der Waals surface area contributed by atoms with E-state index in [0.29, 0.717) is 0 Å². The summed E-state index contributed by atoms with van der Waals surface area (Å²) in [6.45, 7) is 2.14. The third-order valence-corrected chi connectivity index (χ3v) is 5.31. The Morgan fingerprint density at radius 3 is 2.52 bits per heavy atom. The number of thioether (sulfide) groups is 1. The van der Waals surface area contributed by atoms with Crippen LogP contribution in [0.4, 0.5) is 5.69 Å². The van der Waals surface area contributed by atoms with Crippen LogP contribution in [-0.2, 0) is 11.2 Å². The van der Waals surface area contributed by atoms with Gasteiger partial charge in [0.15, 0.2) is 5.50 Å². The molecule has 2 N–H and O–H groups in total. The summed E-state index contributed by atoms with van der Waals surface area (Å²) in [7, 11) is 0. The van der Waals surface area contributed by atoms with Crippen LogP contribution in [0.2, 0.25) is 0 Å². The van der Waals surface area contributed by atoms with Gasteiger partial charge in [0.1, 0.15) is 0 Å². The van der Waals surface area contributed by atoms with Crippen LogP contribution < -0.4 is 10.6 Å². The first kappa shape index (κ1) is 16.4. The molecule has 0 spiro atoms. The van der Waals surface area contributed by atoms with E-state index < -0.39 is 0 Å². The molecule has 118 valence electrons. The lowest BCUT2D eigenvalue weighted by molar-refractivity contribution is -0.116. The van der Waals surface area contributed by atoms with E-state index in [1.807, 2.05) is 42.5 Å². The molecule has 0 aliphatic carbocycles. The van der Waals surface area contributed by atoms with Crippen LogP contribution >= 0.6 is 34.4 Å². The minimum Gasteiger partial charge on any atom is -0.357 e. The van der Waals surface area contributed by atoms with E-state index >= 15 is 0 Å². The van der Waals surface area contributed by atoms with Crippen molar-refractivity contribution >= 4 is 52.0 Å². The fourth-order valence-electron chi connectivity index (χ4n) is 2.26. The number of rotatable bonds is 4. The molecular formula is C18H17IN2OS. The summed E-state index contributed by atoms with van der Waals surface area (Å²) in [5.74, 6) is -0.0313. The molecule has 2 aromatic rings. The Morgan fingerprint density at radius 1 is 1.17 bits per heavy atom. The molecule has 1 fully saturated rings. The molecular weight excluding hydrogens is 419 g/mol. The molecule has 0 radical (unpaired) electrons.